The average Bonchev–Trinajstić information content (AvgIpc) is 3.10. The number of rotatable bonds is 5. The van der Waals surface area contributed by atoms with E-state index in [1.807, 2.05) is 0 Å². The highest BCUT2D eigenvalue weighted by Crippen LogP contribution is 2.51. The monoisotopic (exact) mass is 280 g/mol. The molecule has 3 N–H and O–H groups in total. The van der Waals surface area contributed by atoms with Gasteiger partial charge in [-0.1, -0.05) is 24.8 Å². The summed E-state index contributed by atoms with van der Waals surface area (Å²) in [5.74, 6) is 9.03. The van der Waals surface area contributed by atoms with Crippen molar-refractivity contribution in [1.29, 1.82) is 0 Å². The number of nitrogens with zero attached hydrogens (tertiary/aromatic N) is 2. The summed E-state index contributed by atoms with van der Waals surface area (Å²) < 4.78 is 4.13. The third-order valence-corrected chi connectivity index (χ3v) is 5.88. The minimum absolute atomic E-state index is 0.238. The maximum absolute atomic E-state index is 5.81. The Morgan fingerprint density at radius 1 is 1.37 bits per heavy atom. The predicted octanol–water partition coefficient (Wildman–Crippen LogP) is 2.99. The zero-order valence-corrected chi connectivity index (χ0v) is 12.6. The Labute approximate surface area is 119 Å². The molecule has 2 aliphatic carbocycles. The van der Waals surface area contributed by atoms with E-state index in [2.05, 4.69) is 28.9 Å². The van der Waals surface area contributed by atoms with Gasteiger partial charge >= 0.3 is 0 Å². The summed E-state index contributed by atoms with van der Waals surface area (Å²) in [6, 6.07) is 0.238. The number of aromatic nitrogens is 2. The lowest BCUT2D eigenvalue weighted by molar-refractivity contribution is 0.281. The molecule has 2 saturated carbocycles. The van der Waals surface area contributed by atoms with Crippen LogP contribution in [-0.2, 0) is 0 Å². The fourth-order valence-corrected chi connectivity index (χ4v) is 4.94. The van der Waals surface area contributed by atoms with E-state index in [0.717, 1.165) is 29.9 Å². The number of nitrogens with two attached hydrogens (primary N) is 1. The smallest absolute Gasteiger partial charge is 0.0829 e. The third kappa shape index (κ3) is 2.56. The maximum Gasteiger partial charge on any atom is 0.0829 e. The molecule has 2 fully saturated rings. The SMILES string of the molecule is CC(C)c1nnsc1C(CC1CC2CCC1C2)NN. The van der Waals surface area contributed by atoms with Crippen LogP contribution in [0.2, 0.25) is 0 Å². The Balaban J connectivity index is 1.72. The van der Waals surface area contributed by atoms with Gasteiger partial charge in [0.15, 0.2) is 0 Å². The summed E-state index contributed by atoms with van der Waals surface area (Å²) in [5.41, 5.74) is 4.14. The quantitative estimate of drug-likeness (QED) is 0.643. The molecule has 4 nitrogen and oxygen atoms in total. The van der Waals surface area contributed by atoms with Gasteiger partial charge in [-0.3, -0.25) is 11.3 Å². The van der Waals surface area contributed by atoms with E-state index >= 15 is 0 Å². The Bertz CT molecular complexity index is 431. The first-order valence-electron chi connectivity index (χ1n) is 7.47. The van der Waals surface area contributed by atoms with E-state index in [-0.39, 0.29) is 6.04 Å². The topological polar surface area (TPSA) is 63.8 Å². The highest BCUT2D eigenvalue weighted by Gasteiger charge is 2.40. The van der Waals surface area contributed by atoms with Gasteiger partial charge in [-0.25, -0.2) is 0 Å². The van der Waals surface area contributed by atoms with Crippen molar-refractivity contribution < 1.29 is 0 Å². The van der Waals surface area contributed by atoms with Crippen LogP contribution >= 0.6 is 11.5 Å². The maximum atomic E-state index is 5.81. The molecule has 0 radical (unpaired) electrons. The molecule has 0 amide bonds. The minimum Gasteiger partial charge on any atom is -0.271 e. The van der Waals surface area contributed by atoms with Gasteiger partial charge in [-0.05, 0) is 60.9 Å². The molecule has 4 unspecified atom stereocenters. The molecule has 5 heteroatoms. The van der Waals surface area contributed by atoms with Crippen molar-refractivity contribution in [3.63, 3.8) is 0 Å². The molecular formula is C14H24N4S. The van der Waals surface area contributed by atoms with Crippen LogP contribution in [0.1, 0.15) is 68.5 Å². The molecule has 0 saturated heterocycles. The highest BCUT2D eigenvalue weighted by molar-refractivity contribution is 7.05. The van der Waals surface area contributed by atoms with Crippen LogP contribution in [-0.4, -0.2) is 9.59 Å². The summed E-state index contributed by atoms with van der Waals surface area (Å²) in [7, 11) is 0. The molecular weight excluding hydrogens is 256 g/mol. The lowest BCUT2D eigenvalue weighted by atomic mass is 9.83. The van der Waals surface area contributed by atoms with Crippen LogP contribution in [0.15, 0.2) is 0 Å². The second-order valence-electron chi connectivity index (χ2n) is 6.57. The van der Waals surface area contributed by atoms with Crippen molar-refractivity contribution in [2.24, 2.45) is 23.6 Å². The Morgan fingerprint density at radius 2 is 2.21 bits per heavy atom. The Hall–Kier alpha value is -0.520. The molecule has 0 spiro atoms. The van der Waals surface area contributed by atoms with Crippen LogP contribution in [0.5, 0.6) is 0 Å². The number of hydrogen-bond acceptors (Lipinski definition) is 5. The molecule has 2 aliphatic rings. The van der Waals surface area contributed by atoms with E-state index < -0.39 is 0 Å². The molecule has 1 aromatic heterocycles. The average molecular weight is 280 g/mol. The van der Waals surface area contributed by atoms with E-state index in [4.69, 9.17) is 5.84 Å². The number of hydrogen-bond donors (Lipinski definition) is 2. The van der Waals surface area contributed by atoms with Gasteiger partial charge in [0.25, 0.3) is 0 Å². The number of fused-ring (bicyclic) bond motifs is 2. The van der Waals surface area contributed by atoms with Crippen molar-refractivity contribution in [2.45, 2.75) is 57.9 Å². The largest absolute Gasteiger partial charge is 0.271 e. The third-order valence-electron chi connectivity index (χ3n) is 5.03. The number of hydrazine groups is 1. The second kappa shape index (κ2) is 5.46. The minimum atomic E-state index is 0.238. The van der Waals surface area contributed by atoms with Crippen molar-refractivity contribution in [2.75, 3.05) is 0 Å². The van der Waals surface area contributed by atoms with Gasteiger partial charge in [0.05, 0.1) is 16.6 Å². The number of nitrogens with one attached hydrogen (secondary N) is 1. The van der Waals surface area contributed by atoms with Crippen LogP contribution < -0.4 is 11.3 Å². The zero-order chi connectivity index (χ0) is 13.4. The van der Waals surface area contributed by atoms with Crippen LogP contribution in [0.4, 0.5) is 0 Å². The predicted molar refractivity (Wildman–Crippen MR) is 77.6 cm³/mol. The van der Waals surface area contributed by atoms with Gasteiger partial charge in [0.1, 0.15) is 0 Å². The Kier molecular flexibility index (Phi) is 3.87. The molecule has 19 heavy (non-hydrogen) atoms. The summed E-state index contributed by atoms with van der Waals surface area (Å²) >= 11 is 1.51. The molecule has 2 bridgehead atoms. The Morgan fingerprint density at radius 3 is 2.79 bits per heavy atom. The van der Waals surface area contributed by atoms with Gasteiger partial charge in [-0.15, -0.1) is 5.10 Å². The fraction of sp³-hybridized carbons (Fsp3) is 0.857. The molecule has 1 aromatic rings. The molecule has 1 heterocycles. The normalized spacial score (nSPS) is 31.3. The second-order valence-corrected chi connectivity index (χ2v) is 7.35. The highest BCUT2D eigenvalue weighted by atomic mass is 32.1. The van der Waals surface area contributed by atoms with Crippen LogP contribution in [0.3, 0.4) is 0 Å². The molecule has 0 aromatic carbocycles. The summed E-state index contributed by atoms with van der Waals surface area (Å²) in [6.45, 7) is 4.34. The lowest BCUT2D eigenvalue weighted by Crippen LogP contribution is -2.31. The van der Waals surface area contributed by atoms with E-state index in [0.29, 0.717) is 5.92 Å². The van der Waals surface area contributed by atoms with Crippen molar-refractivity contribution >= 4 is 11.5 Å². The van der Waals surface area contributed by atoms with Crippen LogP contribution in [0.25, 0.3) is 0 Å². The van der Waals surface area contributed by atoms with Crippen molar-refractivity contribution in [1.82, 2.24) is 15.0 Å². The fourth-order valence-electron chi connectivity index (χ4n) is 4.07. The van der Waals surface area contributed by atoms with Crippen molar-refractivity contribution in [3.05, 3.63) is 10.6 Å². The molecule has 3 rings (SSSR count). The van der Waals surface area contributed by atoms with Crippen LogP contribution in [0, 0.1) is 17.8 Å². The van der Waals surface area contributed by atoms with E-state index in [9.17, 15) is 0 Å². The standard InChI is InChI=1S/C14H24N4S/c1-8(2)13-14(19-18-17-13)12(16-15)7-11-6-9-3-4-10(11)5-9/h8-12,16H,3-7,15H2,1-2H3. The van der Waals surface area contributed by atoms with Gasteiger partial charge in [0.2, 0.25) is 0 Å². The van der Waals surface area contributed by atoms with Gasteiger partial charge in [-0.2, -0.15) is 0 Å². The lowest BCUT2D eigenvalue weighted by Gasteiger charge is -2.26. The first kappa shape index (κ1) is 13.5. The van der Waals surface area contributed by atoms with Gasteiger partial charge in [0, 0.05) is 0 Å². The summed E-state index contributed by atoms with van der Waals surface area (Å²) in [6.07, 6.45) is 6.92. The van der Waals surface area contributed by atoms with Crippen molar-refractivity contribution in [3.8, 4) is 0 Å². The molecule has 4 atom stereocenters. The summed E-state index contributed by atoms with van der Waals surface area (Å²) in [4.78, 5) is 1.25. The van der Waals surface area contributed by atoms with E-state index in [1.54, 1.807) is 0 Å². The molecule has 106 valence electrons. The first-order chi connectivity index (χ1) is 9.19. The van der Waals surface area contributed by atoms with Gasteiger partial charge < -0.3 is 0 Å². The van der Waals surface area contributed by atoms with E-state index in [1.165, 1.54) is 42.1 Å². The summed E-state index contributed by atoms with van der Waals surface area (Å²) in [5, 5.41) is 4.28. The zero-order valence-electron chi connectivity index (χ0n) is 11.8. The first-order valence-corrected chi connectivity index (χ1v) is 8.24. The molecule has 0 aliphatic heterocycles.